The van der Waals surface area contributed by atoms with E-state index >= 15 is 0 Å². The number of rotatable bonds is 5. The van der Waals surface area contributed by atoms with Crippen molar-refractivity contribution in [2.75, 3.05) is 6.61 Å². The van der Waals surface area contributed by atoms with Crippen LogP contribution in [0.2, 0.25) is 0 Å². The standard InChI is InChI=1S/C9H16N4O2/c1-7(2)8(4-14)12-9(15)3-13-6-10-5-11-13/h5-8,14H,3-4H2,1-2H3,(H,12,15). The first-order valence-corrected chi connectivity index (χ1v) is 4.86. The Balaban J connectivity index is 2.41. The van der Waals surface area contributed by atoms with Crippen molar-refractivity contribution in [1.29, 1.82) is 0 Å². The second-order valence-electron chi connectivity index (χ2n) is 3.69. The molecule has 0 radical (unpaired) electrons. The number of aliphatic hydroxyl groups excluding tert-OH is 1. The molecule has 0 fully saturated rings. The van der Waals surface area contributed by atoms with Gasteiger partial charge in [-0.3, -0.25) is 4.79 Å². The Morgan fingerprint density at radius 3 is 2.80 bits per heavy atom. The lowest BCUT2D eigenvalue weighted by molar-refractivity contribution is -0.123. The van der Waals surface area contributed by atoms with E-state index in [0.29, 0.717) is 0 Å². The number of carbonyl (C=O) groups excluding carboxylic acids is 1. The largest absolute Gasteiger partial charge is 0.394 e. The van der Waals surface area contributed by atoms with Crippen LogP contribution in [0.4, 0.5) is 0 Å². The zero-order chi connectivity index (χ0) is 11.3. The smallest absolute Gasteiger partial charge is 0.242 e. The lowest BCUT2D eigenvalue weighted by atomic mass is 10.1. The van der Waals surface area contributed by atoms with Gasteiger partial charge in [-0.1, -0.05) is 13.8 Å². The van der Waals surface area contributed by atoms with Gasteiger partial charge in [0.2, 0.25) is 5.91 Å². The summed E-state index contributed by atoms with van der Waals surface area (Å²) in [5.41, 5.74) is 0. The summed E-state index contributed by atoms with van der Waals surface area (Å²) in [5.74, 6) is 0.0305. The van der Waals surface area contributed by atoms with Gasteiger partial charge in [0.05, 0.1) is 12.6 Å². The number of aromatic nitrogens is 3. The van der Waals surface area contributed by atoms with E-state index < -0.39 is 0 Å². The molecule has 1 atom stereocenters. The highest BCUT2D eigenvalue weighted by molar-refractivity contribution is 5.75. The fourth-order valence-corrected chi connectivity index (χ4v) is 1.14. The predicted molar refractivity (Wildman–Crippen MR) is 53.9 cm³/mol. The van der Waals surface area contributed by atoms with Gasteiger partial charge < -0.3 is 10.4 Å². The minimum Gasteiger partial charge on any atom is -0.394 e. The number of carbonyl (C=O) groups is 1. The third kappa shape index (κ3) is 3.67. The molecule has 1 aromatic rings. The highest BCUT2D eigenvalue weighted by atomic mass is 16.3. The quantitative estimate of drug-likeness (QED) is 0.683. The third-order valence-electron chi connectivity index (χ3n) is 2.12. The molecule has 2 N–H and O–H groups in total. The summed E-state index contributed by atoms with van der Waals surface area (Å²) in [6.07, 6.45) is 2.85. The van der Waals surface area contributed by atoms with Crippen LogP contribution >= 0.6 is 0 Å². The molecule has 84 valence electrons. The highest BCUT2D eigenvalue weighted by Gasteiger charge is 2.15. The maximum atomic E-state index is 11.5. The van der Waals surface area contributed by atoms with Crippen LogP contribution < -0.4 is 5.32 Å². The van der Waals surface area contributed by atoms with Gasteiger partial charge in [-0.15, -0.1) is 0 Å². The van der Waals surface area contributed by atoms with Crippen LogP contribution in [0.25, 0.3) is 0 Å². The number of nitrogens with one attached hydrogen (secondary N) is 1. The molecule has 15 heavy (non-hydrogen) atoms. The van der Waals surface area contributed by atoms with E-state index in [-0.39, 0.29) is 31.0 Å². The van der Waals surface area contributed by atoms with Crippen molar-refractivity contribution in [3.63, 3.8) is 0 Å². The summed E-state index contributed by atoms with van der Waals surface area (Å²) in [4.78, 5) is 15.2. The fourth-order valence-electron chi connectivity index (χ4n) is 1.14. The van der Waals surface area contributed by atoms with Crippen molar-refractivity contribution < 1.29 is 9.90 Å². The number of hydrogen-bond donors (Lipinski definition) is 2. The van der Waals surface area contributed by atoms with E-state index in [1.807, 2.05) is 13.8 Å². The van der Waals surface area contributed by atoms with Crippen molar-refractivity contribution >= 4 is 5.91 Å². The first-order chi connectivity index (χ1) is 7.13. The summed E-state index contributed by atoms with van der Waals surface area (Å²) in [6, 6.07) is -0.207. The van der Waals surface area contributed by atoms with Crippen molar-refractivity contribution in [2.45, 2.75) is 26.4 Å². The summed E-state index contributed by atoms with van der Waals surface area (Å²) >= 11 is 0. The zero-order valence-electron chi connectivity index (χ0n) is 8.92. The summed E-state index contributed by atoms with van der Waals surface area (Å²) in [6.45, 7) is 3.96. The number of hydrogen-bond acceptors (Lipinski definition) is 4. The first kappa shape index (κ1) is 11.6. The molecule has 0 saturated heterocycles. The summed E-state index contributed by atoms with van der Waals surface area (Å²) < 4.78 is 1.43. The van der Waals surface area contributed by atoms with E-state index in [0.717, 1.165) is 0 Å². The van der Waals surface area contributed by atoms with E-state index in [2.05, 4.69) is 15.4 Å². The van der Waals surface area contributed by atoms with Crippen LogP contribution in [0.1, 0.15) is 13.8 Å². The second-order valence-corrected chi connectivity index (χ2v) is 3.69. The Morgan fingerprint density at radius 1 is 1.60 bits per heavy atom. The Kier molecular flexibility index (Phi) is 4.23. The molecule has 0 saturated carbocycles. The van der Waals surface area contributed by atoms with Gasteiger partial charge in [-0.25, -0.2) is 9.67 Å². The highest BCUT2D eigenvalue weighted by Crippen LogP contribution is 2.00. The Labute approximate surface area is 88.3 Å². The van der Waals surface area contributed by atoms with E-state index in [1.54, 1.807) is 0 Å². The molecule has 0 spiro atoms. The van der Waals surface area contributed by atoms with Crippen LogP contribution in [0.3, 0.4) is 0 Å². The minimum absolute atomic E-state index is 0.0548. The lowest BCUT2D eigenvalue weighted by Gasteiger charge is -2.19. The fraction of sp³-hybridized carbons (Fsp3) is 0.667. The van der Waals surface area contributed by atoms with Gasteiger partial charge in [0.25, 0.3) is 0 Å². The molecule has 0 aromatic carbocycles. The van der Waals surface area contributed by atoms with Gasteiger partial charge >= 0.3 is 0 Å². The average molecular weight is 212 g/mol. The Hall–Kier alpha value is -1.43. The van der Waals surface area contributed by atoms with E-state index in [9.17, 15) is 4.79 Å². The average Bonchev–Trinajstić information content (AvgIpc) is 2.66. The summed E-state index contributed by atoms with van der Waals surface area (Å²) in [5, 5.41) is 15.6. The maximum absolute atomic E-state index is 11.5. The van der Waals surface area contributed by atoms with Gasteiger partial charge in [-0.05, 0) is 5.92 Å². The van der Waals surface area contributed by atoms with Gasteiger partial charge in [0.15, 0.2) is 0 Å². The zero-order valence-corrected chi connectivity index (χ0v) is 8.92. The molecule has 0 aliphatic heterocycles. The molecule has 6 nitrogen and oxygen atoms in total. The lowest BCUT2D eigenvalue weighted by Crippen LogP contribution is -2.42. The maximum Gasteiger partial charge on any atom is 0.242 e. The normalized spacial score (nSPS) is 12.8. The molecule has 6 heteroatoms. The number of nitrogens with zero attached hydrogens (tertiary/aromatic N) is 3. The SMILES string of the molecule is CC(C)C(CO)NC(=O)Cn1cncn1. The minimum atomic E-state index is -0.207. The van der Waals surface area contributed by atoms with Gasteiger partial charge in [0.1, 0.15) is 19.2 Å². The Morgan fingerprint density at radius 2 is 2.33 bits per heavy atom. The third-order valence-corrected chi connectivity index (χ3v) is 2.12. The van der Waals surface area contributed by atoms with Crippen LogP contribution in [0, 0.1) is 5.92 Å². The van der Waals surface area contributed by atoms with Crippen molar-refractivity contribution in [3.05, 3.63) is 12.7 Å². The molecule has 1 aromatic heterocycles. The molecule has 1 unspecified atom stereocenters. The number of aliphatic hydroxyl groups is 1. The Bertz CT molecular complexity index is 297. The summed E-state index contributed by atoms with van der Waals surface area (Å²) in [7, 11) is 0. The van der Waals surface area contributed by atoms with Gasteiger partial charge in [-0.2, -0.15) is 5.10 Å². The predicted octanol–water partition coefficient (Wildman–Crippen LogP) is -0.589. The molecule has 1 heterocycles. The topological polar surface area (TPSA) is 80.0 Å². The van der Waals surface area contributed by atoms with Crippen molar-refractivity contribution in [3.8, 4) is 0 Å². The molecular weight excluding hydrogens is 196 g/mol. The van der Waals surface area contributed by atoms with Crippen LogP contribution in [0.15, 0.2) is 12.7 Å². The molecule has 1 rings (SSSR count). The molecule has 0 aliphatic rings. The molecule has 1 amide bonds. The van der Waals surface area contributed by atoms with Crippen LogP contribution in [-0.4, -0.2) is 38.4 Å². The van der Waals surface area contributed by atoms with Crippen LogP contribution in [-0.2, 0) is 11.3 Å². The molecule has 0 aliphatic carbocycles. The first-order valence-electron chi connectivity index (χ1n) is 4.86. The van der Waals surface area contributed by atoms with E-state index in [4.69, 9.17) is 5.11 Å². The van der Waals surface area contributed by atoms with E-state index in [1.165, 1.54) is 17.3 Å². The van der Waals surface area contributed by atoms with Gasteiger partial charge in [0, 0.05) is 0 Å². The molecular formula is C9H16N4O2. The monoisotopic (exact) mass is 212 g/mol. The second kappa shape index (κ2) is 5.45. The van der Waals surface area contributed by atoms with Crippen LogP contribution in [0.5, 0.6) is 0 Å². The van der Waals surface area contributed by atoms with Crippen molar-refractivity contribution in [2.24, 2.45) is 5.92 Å². The van der Waals surface area contributed by atoms with Crippen molar-refractivity contribution in [1.82, 2.24) is 20.1 Å². The number of amides is 1. The molecule has 0 bridgehead atoms.